The molecule has 1 saturated heterocycles. The predicted octanol–water partition coefficient (Wildman–Crippen LogP) is 1.47. The first-order chi connectivity index (χ1) is 10.2. The van der Waals surface area contributed by atoms with Crippen molar-refractivity contribution in [1.29, 1.82) is 0 Å². The molecule has 2 heterocycles. The van der Waals surface area contributed by atoms with Gasteiger partial charge in [0.15, 0.2) is 5.69 Å². The summed E-state index contributed by atoms with van der Waals surface area (Å²) in [6.07, 6.45) is 2.50. The number of amides is 1. The maximum atomic E-state index is 12.9. The van der Waals surface area contributed by atoms with Crippen LogP contribution in [0.3, 0.4) is 0 Å². The monoisotopic (exact) mass is 289 g/mol. The first-order valence-electron chi connectivity index (χ1n) is 6.89. The van der Waals surface area contributed by atoms with Crippen molar-refractivity contribution < 1.29 is 14.3 Å². The quantitative estimate of drug-likeness (QED) is 0.931. The fourth-order valence-corrected chi connectivity index (χ4v) is 2.50. The Kier molecular flexibility index (Phi) is 3.70. The molecule has 2 aromatic rings. The Bertz CT molecular complexity index is 639. The zero-order chi connectivity index (χ0) is 14.8. The number of carbonyl (C=O) groups excluding carboxylic acids is 1. The third-order valence-electron chi connectivity index (χ3n) is 3.73. The highest BCUT2D eigenvalue weighted by Crippen LogP contribution is 2.18. The standard InChI is InChI=1S/C15H16FN3O2/c16-12-1-3-13(4-2-12)19-8-6-14(17-19)15(21)18-7-5-11(9-18)10-20/h1-4,6,8,11,20H,5,7,9-10H2. The number of hydrogen-bond donors (Lipinski definition) is 1. The van der Waals surface area contributed by atoms with E-state index in [1.807, 2.05) is 0 Å². The summed E-state index contributed by atoms with van der Waals surface area (Å²) in [6, 6.07) is 7.57. The third-order valence-corrected chi connectivity index (χ3v) is 3.73. The summed E-state index contributed by atoms with van der Waals surface area (Å²) in [6.45, 7) is 1.32. The first kappa shape index (κ1) is 13.8. The van der Waals surface area contributed by atoms with E-state index in [1.54, 1.807) is 34.0 Å². The Morgan fingerprint density at radius 1 is 1.33 bits per heavy atom. The molecule has 0 aliphatic carbocycles. The smallest absolute Gasteiger partial charge is 0.274 e. The van der Waals surface area contributed by atoms with Crippen LogP contribution in [0, 0.1) is 11.7 Å². The normalized spacial score (nSPS) is 18.2. The summed E-state index contributed by atoms with van der Waals surface area (Å²) in [5.41, 5.74) is 1.06. The Labute approximate surface area is 121 Å². The summed E-state index contributed by atoms with van der Waals surface area (Å²) < 4.78 is 14.4. The molecule has 1 amide bonds. The van der Waals surface area contributed by atoms with Crippen LogP contribution in [0.1, 0.15) is 16.9 Å². The molecule has 1 unspecified atom stereocenters. The van der Waals surface area contributed by atoms with Crippen molar-refractivity contribution in [2.45, 2.75) is 6.42 Å². The fraction of sp³-hybridized carbons (Fsp3) is 0.333. The van der Waals surface area contributed by atoms with Crippen molar-refractivity contribution in [3.8, 4) is 5.69 Å². The molecule has 0 saturated carbocycles. The van der Waals surface area contributed by atoms with Crippen LogP contribution < -0.4 is 0 Å². The lowest BCUT2D eigenvalue weighted by molar-refractivity contribution is 0.0775. The molecule has 1 aliphatic rings. The number of likely N-dealkylation sites (tertiary alicyclic amines) is 1. The Hall–Kier alpha value is -2.21. The van der Waals surface area contributed by atoms with Crippen LogP contribution in [0.4, 0.5) is 4.39 Å². The molecule has 5 nitrogen and oxygen atoms in total. The highest BCUT2D eigenvalue weighted by molar-refractivity contribution is 5.92. The largest absolute Gasteiger partial charge is 0.396 e. The van der Waals surface area contributed by atoms with Crippen LogP contribution in [0.25, 0.3) is 5.69 Å². The lowest BCUT2D eigenvalue weighted by atomic mass is 10.1. The Morgan fingerprint density at radius 3 is 2.76 bits per heavy atom. The summed E-state index contributed by atoms with van der Waals surface area (Å²) >= 11 is 0. The van der Waals surface area contributed by atoms with Crippen LogP contribution in [0.5, 0.6) is 0 Å². The van der Waals surface area contributed by atoms with Gasteiger partial charge in [0.1, 0.15) is 5.82 Å². The topological polar surface area (TPSA) is 58.4 Å². The van der Waals surface area contributed by atoms with Crippen molar-refractivity contribution in [3.05, 3.63) is 48.0 Å². The highest BCUT2D eigenvalue weighted by atomic mass is 19.1. The average molecular weight is 289 g/mol. The van der Waals surface area contributed by atoms with Crippen LogP contribution in [-0.2, 0) is 0 Å². The van der Waals surface area contributed by atoms with Crippen molar-refractivity contribution in [3.63, 3.8) is 0 Å². The van der Waals surface area contributed by atoms with E-state index in [9.17, 15) is 9.18 Å². The summed E-state index contributed by atoms with van der Waals surface area (Å²) in [7, 11) is 0. The minimum Gasteiger partial charge on any atom is -0.396 e. The SMILES string of the molecule is O=C(c1ccn(-c2ccc(F)cc2)n1)N1CCC(CO)C1. The number of nitrogens with zero attached hydrogens (tertiary/aromatic N) is 3. The number of aliphatic hydroxyl groups is 1. The van der Waals surface area contributed by atoms with Gasteiger partial charge in [-0.15, -0.1) is 0 Å². The molecule has 0 bridgehead atoms. The molecular formula is C15H16FN3O2. The molecule has 110 valence electrons. The van der Waals surface area contributed by atoms with Crippen LogP contribution in [0.15, 0.2) is 36.5 Å². The van der Waals surface area contributed by atoms with Crippen LogP contribution >= 0.6 is 0 Å². The summed E-state index contributed by atoms with van der Waals surface area (Å²) in [5.74, 6) is -0.283. The van der Waals surface area contributed by atoms with Gasteiger partial charge < -0.3 is 10.0 Å². The number of rotatable bonds is 3. The number of aromatic nitrogens is 2. The molecule has 6 heteroatoms. The number of carbonyl (C=O) groups is 1. The van der Waals surface area contributed by atoms with E-state index in [0.29, 0.717) is 24.5 Å². The molecule has 1 aromatic carbocycles. The maximum Gasteiger partial charge on any atom is 0.274 e. The van der Waals surface area contributed by atoms with Gasteiger partial charge in [0.2, 0.25) is 0 Å². The average Bonchev–Trinajstić information content (AvgIpc) is 3.16. The fourth-order valence-electron chi connectivity index (χ4n) is 2.50. The molecule has 0 radical (unpaired) electrons. The van der Waals surface area contributed by atoms with Gasteiger partial charge in [-0.2, -0.15) is 5.10 Å². The van der Waals surface area contributed by atoms with Gasteiger partial charge in [0.05, 0.1) is 5.69 Å². The van der Waals surface area contributed by atoms with Crippen molar-refractivity contribution in [1.82, 2.24) is 14.7 Å². The van der Waals surface area contributed by atoms with Gasteiger partial charge in [-0.1, -0.05) is 0 Å². The molecule has 1 fully saturated rings. The highest BCUT2D eigenvalue weighted by Gasteiger charge is 2.27. The second-order valence-corrected chi connectivity index (χ2v) is 5.21. The zero-order valence-electron chi connectivity index (χ0n) is 11.4. The lowest BCUT2D eigenvalue weighted by Gasteiger charge is -2.14. The number of benzene rings is 1. The summed E-state index contributed by atoms with van der Waals surface area (Å²) in [4.78, 5) is 14.0. The predicted molar refractivity (Wildman–Crippen MR) is 74.6 cm³/mol. The van der Waals surface area contributed by atoms with Gasteiger partial charge in [0, 0.05) is 31.8 Å². The molecule has 1 N–H and O–H groups in total. The van der Waals surface area contributed by atoms with Crippen molar-refractivity contribution >= 4 is 5.91 Å². The van der Waals surface area contributed by atoms with E-state index in [1.165, 1.54) is 12.1 Å². The maximum absolute atomic E-state index is 12.9. The van der Waals surface area contributed by atoms with E-state index in [0.717, 1.165) is 6.42 Å². The van der Waals surface area contributed by atoms with E-state index in [-0.39, 0.29) is 24.2 Å². The molecule has 21 heavy (non-hydrogen) atoms. The molecule has 1 atom stereocenters. The number of hydrogen-bond acceptors (Lipinski definition) is 3. The molecule has 3 rings (SSSR count). The van der Waals surface area contributed by atoms with Gasteiger partial charge in [-0.25, -0.2) is 9.07 Å². The zero-order valence-corrected chi connectivity index (χ0v) is 11.4. The molecular weight excluding hydrogens is 273 g/mol. The van der Waals surface area contributed by atoms with Crippen molar-refractivity contribution in [2.24, 2.45) is 5.92 Å². The van der Waals surface area contributed by atoms with E-state index in [4.69, 9.17) is 5.11 Å². The first-order valence-corrected chi connectivity index (χ1v) is 6.89. The van der Waals surface area contributed by atoms with E-state index in [2.05, 4.69) is 5.10 Å². The Balaban J connectivity index is 1.75. The molecule has 1 aromatic heterocycles. The molecule has 1 aliphatic heterocycles. The van der Waals surface area contributed by atoms with Crippen LogP contribution in [-0.4, -0.2) is 45.4 Å². The number of aliphatic hydroxyl groups excluding tert-OH is 1. The van der Waals surface area contributed by atoms with Gasteiger partial charge in [0.25, 0.3) is 5.91 Å². The number of halogens is 1. The van der Waals surface area contributed by atoms with Gasteiger partial charge >= 0.3 is 0 Å². The third kappa shape index (κ3) is 2.80. The van der Waals surface area contributed by atoms with E-state index < -0.39 is 0 Å². The second-order valence-electron chi connectivity index (χ2n) is 5.21. The van der Waals surface area contributed by atoms with Gasteiger partial charge in [-0.3, -0.25) is 4.79 Å². The van der Waals surface area contributed by atoms with Crippen molar-refractivity contribution in [2.75, 3.05) is 19.7 Å². The van der Waals surface area contributed by atoms with E-state index >= 15 is 0 Å². The minimum atomic E-state index is -0.311. The second kappa shape index (κ2) is 5.65. The van der Waals surface area contributed by atoms with Gasteiger partial charge in [-0.05, 0) is 36.8 Å². The lowest BCUT2D eigenvalue weighted by Crippen LogP contribution is -2.29. The summed E-state index contributed by atoms with van der Waals surface area (Å²) in [5, 5.41) is 13.4. The Morgan fingerprint density at radius 2 is 2.10 bits per heavy atom. The molecule has 0 spiro atoms. The minimum absolute atomic E-state index is 0.105. The van der Waals surface area contributed by atoms with Crippen LogP contribution in [0.2, 0.25) is 0 Å².